The third-order valence-electron chi connectivity index (χ3n) is 3.23. The Morgan fingerprint density at radius 3 is 2.48 bits per heavy atom. The summed E-state index contributed by atoms with van der Waals surface area (Å²) >= 11 is 0. The molecule has 1 rings (SSSR count). The first-order chi connectivity index (χ1) is 10.1. The molecule has 0 aliphatic heterocycles. The van der Waals surface area contributed by atoms with Gasteiger partial charge in [0.1, 0.15) is 5.75 Å². The molecular formula is C18H24O3. The second kappa shape index (κ2) is 9.07. The van der Waals surface area contributed by atoms with E-state index in [-0.39, 0.29) is 24.4 Å². The van der Waals surface area contributed by atoms with Crippen molar-refractivity contribution >= 4 is 5.97 Å². The lowest BCUT2D eigenvalue weighted by Gasteiger charge is -2.15. The summed E-state index contributed by atoms with van der Waals surface area (Å²) in [4.78, 5) is 11.4. The molecule has 0 spiro atoms. The minimum Gasteiger partial charge on any atom is -0.491 e. The van der Waals surface area contributed by atoms with E-state index >= 15 is 0 Å². The van der Waals surface area contributed by atoms with Gasteiger partial charge in [0.2, 0.25) is 0 Å². The summed E-state index contributed by atoms with van der Waals surface area (Å²) in [6.45, 7) is 5.98. The average Bonchev–Trinajstić information content (AvgIpc) is 2.47. The highest BCUT2D eigenvalue weighted by atomic mass is 16.5. The van der Waals surface area contributed by atoms with E-state index in [0.29, 0.717) is 0 Å². The molecule has 0 radical (unpaired) electrons. The van der Waals surface area contributed by atoms with Gasteiger partial charge in [0, 0.05) is 0 Å². The number of hydrogen-bond acceptors (Lipinski definition) is 3. The number of carbonyl (C=O) groups excluding carboxylic acids is 1. The van der Waals surface area contributed by atoms with Crippen LogP contribution in [0.15, 0.2) is 24.3 Å². The van der Waals surface area contributed by atoms with E-state index in [1.807, 2.05) is 24.3 Å². The summed E-state index contributed by atoms with van der Waals surface area (Å²) in [5.74, 6) is 6.39. The molecule has 0 aromatic heterocycles. The first kappa shape index (κ1) is 17.1. The van der Waals surface area contributed by atoms with Crippen LogP contribution < -0.4 is 4.74 Å². The molecule has 0 saturated carbocycles. The van der Waals surface area contributed by atoms with Crippen molar-refractivity contribution in [3.63, 3.8) is 0 Å². The lowest BCUT2D eigenvalue weighted by atomic mass is 9.96. The quantitative estimate of drug-likeness (QED) is 0.563. The number of carbonyl (C=O) groups is 1. The molecule has 3 nitrogen and oxygen atoms in total. The smallest absolute Gasteiger partial charge is 0.307 e. The van der Waals surface area contributed by atoms with Gasteiger partial charge in [0.25, 0.3) is 0 Å². The standard InChI is InChI=1S/C18H24O3/c1-5-7-14(3)21-17-11-9-15(10-12-17)16(8-6-2)13-18(19)20-4/h9-12,14,16H,5,7,13H2,1-4H3/t14-,16+/m1/s1. The zero-order valence-electron chi connectivity index (χ0n) is 13.3. The van der Waals surface area contributed by atoms with E-state index in [1.165, 1.54) is 7.11 Å². The van der Waals surface area contributed by atoms with Crippen LogP contribution in [0, 0.1) is 11.8 Å². The number of ether oxygens (including phenoxy) is 2. The highest BCUT2D eigenvalue weighted by molar-refractivity contribution is 5.71. The summed E-state index contributed by atoms with van der Waals surface area (Å²) in [7, 11) is 1.39. The van der Waals surface area contributed by atoms with Crippen molar-refractivity contribution in [2.45, 2.75) is 52.1 Å². The van der Waals surface area contributed by atoms with E-state index in [9.17, 15) is 4.79 Å². The Morgan fingerprint density at radius 1 is 1.29 bits per heavy atom. The van der Waals surface area contributed by atoms with Crippen molar-refractivity contribution in [3.05, 3.63) is 29.8 Å². The zero-order chi connectivity index (χ0) is 15.7. The van der Waals surface area contributed by atoms with Crippen molar-refractivity contribution < 1.29 is 14.3 Å². The van der Waals surface area contributed by atoms with Crippen molar-refractivity contribution in [3.8, 4) is 17.6 Å². The van der Waals surface area contributed by atoms with Gasteiger partial charge in [-0.05, 0) is 38.0 Å². The molecule has 0 amide bonds. The predicted molar refractivity (Wildman–Crippen MR) is 84.3 cm³/mol. The van der Waals surface area contributed by atoms with Crippen molar-refractivity contribution in [2.24, 2.45) is 0 Å². The first-order valence-corrected chi connectivity index (χ1v) is 7.36. The van der Waals surface area contributed by atoms with Crippen LogP contribution in [0.3, 0.4) is 0 Å². The SMILES string of the molecule is CC#C[C@@H](CC(=O)OC)c1ccc(O[C@H](C)CCC)cc1. The molecular weight excluding hydrogens is 264 g/mol. The molecule has 3 heteroatoms. The minimum absolute atomic E-state index is 0.135. The normalized spacial score (nSPS) is 12.8. The minimum atomic E-state index is -0.250. The molecule has 0 bridgehead atoms. The maximum absolute atomic E-state index is 11.4. The molecule has 21 heavy (non-hydrogen) atoms. The Kier molecular flexibility index (Phi) is 7.39. The van der Waals surface area contributed by atoms with Gasteiger partial charge >= 0.3 is 5.97 Å². The summed E-state index contributed by atoms with van der Waals surface area (Å²) in [5.41, 5.74) is 1.00. The Labute approximate surface area is 127 Å². The van der Waals surface area contributed by atoms with E-state index in [2.05, 4.69) is 25.7 Å². The largest absolute Gasteiger partial charge is 0.491 e. The van der Waals surface area contributed by atoms with Crippen LogP contribution in [0.5, 0.6) is 5.75 Å². The van der Waals surface area contributed by atoms with Crippen LogP contribution in [0.25, 0.3) is 0 Å². The predicted octanol–water partition coefficient (Wildman–Crippen LogP) is 3.92. The van der Waals surface area contributed by atoms with E-state index in [1.54, 1.807) is 6.92 Å². The van der Waals surface area contributed by atoms with Gasteiger partial charge in [-0.25, -0.2) is 0 Å². The first-order valence-electron chi connectivity index (χ1n) is 7.36. The molecule has 1 aromatic rings. The molecule has 0 fully saturated rings. The van der Waals surface area contributed by atoms with Crippen LogP contribution >= 0.6 is 0 Å². The van der Waals surface area contributed by atoms with Crippen molar-refractivity contribution in [1.29, 1.82) is 0 Å². The van der Waals surface area contributed by atoms with E-state index < -0.39 is 0 Å². The molecule has 0 unspecified atom stereocenters. The van der Waals surface area contributed by atoms with Crippen molar-refractivity contribution in [2.75, 3.05) is 7.11 Å². The zero-order valence-corrected chi connectivity index (χ0v) is 13.3. The summed E-state index contributed by atoms with van der Waals surface area (Å²) in [6, 6.07) is 7.80. The van der Waals surface area contributed by atoms with Crippen LogP contribution in [-0.2, 0) is 9.53 Å². The van der Waals surface area contributed by atoms with Crippen LogP contribution in [0.1, 0.15) is 51.5 Å². The Hall–Kier alpha value is -1.95. The fourth-order valence-electron chi connectivity index (χ4n) is 2.15. The fraction of sp³-hybridized carbons (Fsp3) is 0.500. The third-order valence-corrected chi connectivity index (χ3v) is 3.23. The maximum atomic E-state index is 11.4. The van der Waals surface area contributed by atoms with Crippen molar-refractivity contribution in [1.82, 2.24) is 0 Å². The van der Waals surface area contributed by atoms with Gasteiger partial charge in [-0.1, -0.05) is 31.4 Å². The monoisotopic (exact) mass is 288 g/mol. The number of esters is 1. The van der Waals surface area contributed by atoms with Gasteiger partial charge in [-0.15, -0.1) is 5.92 Å². The molecule has 114 valence electrons. The van der Waals surface area contributed by atoms with E-state index in [4.69, 9.17) is 9.47 Å². The molecule has 0 aliphatic carbocycles. The van der Waals surface area contributed by atoms with E-state index in [0.717, 1.165) is 24.2 Å². The maximum Gasteiger partial charge on any atom is 0.307 e. The second-order valence-corrected chi connectivity index (χ2v) is 5.01. The van der Waals surface area contributed by atoms with Crippen LogP contribution in [-0.4, -0.2) is 19.2 Å². The number of methoxy groups -OCH3 is 1. The molecule has 2 atom stereocenters. The molecule has 0 N–H and O–H groups in total. The highest BCUT2D eigenvalue weighted by Crippen LogP contribution is 2.23. The van der Waals surface area contributed by atoms with Gasteiger partial charge in [0.15, 0.2) is 0 Å². The molecule has 0 aliphatic rings. The summed E-state index contributed by atoms with van der Waals surface area (Å²) in [5, 5.41) is 0. The van der Waals surface area contributed by atoms with Crippen LogP contribution in [0.4, 0.5) is 0 Å². The average molecular weight is 288 g/mol. The number of benzene rings is 1. The van der Waals surface area contributed by atoms with Crippen LogP contribution in [0.2, 0.25) is 0 Å². The van der Waals surface area contributed by atoms with Gasteiger partial charge in [-0.2, -0.15) is 0 Å². The topological polar surface area (TPSA) is 35.5 Å². The lowest BCUT2D eigenvalue weighted by molar-refractivity contribution is -0.140. The molecule has 1 aromatic carbocycles. The second-order valence-electron chi connectivity index (χ2n) is 5.01. The van der Waals surface area contributed by atoms with Gasteiger partial charge in [-0.3, -0.25) is 4.79 Å². The Morgan fingerprint density at radius 2 is 1.95 bits per heavy atom. The Balaban J connectivity index is 2.77. The summed E-state index contributed by atoms with van der Waals surface area (Å²) in [6.07, 6.45) is 2.62. The molecule has 0 saturated heterocycles. The Bertz CT molecular complexity index is 493. The fourth-order valence-corrected chi connectivity index (χ4v) is 2.15. The number of rotatable bonds is 7. The lowest BCUT2D eigenvalue weighted by Crippen LogP contribution is -2.11. The van der Waals surface area contributed by atoms with Gasteiger partial charge in [0.05, 0.1) is 25.6 Å². The summed E-state index contributed by atoms with van der Waals surface area (Å²) < 4.78 is 10.5. The number of hydrogen-bond donors (Lipinski definition) is 0. The third kappa shape index (κ3) is 5.91. The van der Waals surface area contributed by atoms with Gasteiger partial charge < -0.3 is 9.47 Å². The highest BCUT2D eigenvalue weighted by Gasteiger charge is 2.14. The molecule has 0 heterocycles.